The summed E-state index contributed by atoms with van der Waals surface area (Å²) in [5.41, 5.74) is 3.57. The van der Waals surface area contributed by atoms with Gasteiger partial charge in [-0.15, -0.1) is 10.2 Å². The van der Waals surface area contributed by atoms with Gasteiger partial charge in [-0.25, -0.2) is 0 Å². The van der Waals surface area contributed by atoms with Gasteiger partial charge in [0.05, 0.1) is 13.2 Å². The van der Waals surface area contributed by atoms with Crippen molar-refractivity contribution in [2.75, 3.05) is 13.2 Å². The van der Waals surface area contributed by atoms with Crippen LogP contribution >= 0.6 is 11.6 Å². The Bertz CT molecular complexity index is 892. The molecule has 0 N–H and O–H groups in total. The fourth-order valence-corrected chi connectivity index (χ4v) is 3.33. The molecule has 0 fully saturated rings. The molecule has 5 nitrogen and oxygen atoms in total. The van der Waals surface area contributed by atoms with Crippen molar-refractivity contribution in [3.63, 3.8) is 0 Å². The monoisotopic (exact) mass is 369 g/mol. The van der Waals surface area contributed by atoms with E-state index in [4.69, 9.17) is 20.8 Å². The molecule has 134 valence electrons. The summed E-state index contributed by atoms with van der Waals surface area (Å²) in [5.74, 6) is 2.07. The van der Waals surface area contributed by atoms with Gasteiger partial charge in [-0.3, -0.25) is 4.90 Å². The van der Waals surface area contributed by atoms with Crippen molar-refractivity contribution in [1.29, 1.82) is 0 Å². The number of halogens is 1. The van der Waals surface area contributed by atoms with Crippen LogP contribution in [0.2, 0.25) is 5.02 Å². The first-order valence-corrected chi connectivity index (χ1v) is 9.14. The Balaban J connectivity index is 1.45. The van der Waals surface area contributed by atoms with Crippen LogP contribution in [0.5, 0.6) is 5.75 Å². The van der Waals surface area contributed by atoms with Gasteiger partial charge in [0.25, 0.3) is 0 Å². The molecule has 0 atom stereocenters. The highest BCUT2D eigenvalue weighted by atomic mass is 35.5. The Morgan fingerprint density at radius 3 is 2.77 bits per heavy atom. The van der Waals surface area contributed by atoms with Crippen molar-refractivity contribution >= 4 is 11.6 Å². The maximum Gasteiger partial charge on any atom is 0.247 e. The largest absolute Gasteiger partial charge is 0.494 e. The predicted octanol–water partition coefficient (Wildman–Crippen LogP) is 4.35. The van der Waals surface area contributed by atoms with E-state index in [1.165, 1.54) is 11.1 Å². The zero-order valence-electron chi connectivity index (χ0n) is 14.6. The standard InChI is InChI=1S/C20H20ClN3O2/c1-2-25-18-8-5-14-9-10-24(12-16(14)11-18)13-19-22-23-20(26-19)15-3-6-17(21)7-4-15/h3-8,11H,2,9-10,12-13H2,1H3. The van der Waals surface area contributed by atoms with Crippen molar-refractivity contribution < 1.29 is 9.15 Å². The Kier molecular flexibility index (Phi) is 4.91. The zero-order valence-corrected chi connectivity index (χ0v) is 15.4. The van der Waals surface area contributed by atoms with Crippen molar-refractivity contribution in [1.82, 2.24) is 15.1 Å². The summed E-state index contributed by atoms with van der Waals surface area (Å²) >= 11 is 5.92. The third kappa shape index (κ3) is 3.74. The minimum atomic E-state index is 0.521. The molecule has 2 heterocycles. The molecule has 0 saturated heterocycles. The molecule has 1 aliphatic heterocycles. The van der Waals surface area contributed by atoms with E-state index in [0.717, 1.165) is 30.8 Å². The average molecular weight is 370 g/mol. The van der Waals surface area contributed by atoms with Crippen molar-refractivity contribution in [3.05, 3.63) is 64.5 Å². The van der Waals surface area contributed by atoms with E-state index in [9.17, 15) is 0 Å². The van der Waals surface area contributed by atoms with Crippen LogP contribution < -0.4 is 4.74 Å². The molecule has 0 amide bonds. The maximum absolute atomic E-state index is 5.92. The molecule has 0 bridgehead atoms. The SMILES string of the molecule is CCOc1ccc2c(c1)CN(Cc1nnc(-c3ccc(Cl)cc3)o1)CC2. The van der Waals surface area contributed by atoms with Crippen LogP contribution in [-0.4, -0.2) is 28.2 Å². The third-order valence-corrected chi connectivity index (χ3v) is 4.75. The molecule has 3 aromatic rings. The van der Waals surface area contributed by atoms with Gasteiger partial charge in [-0.1, -0.05) is 17.7 Å². The molecular weight excluding hydrogens is 350 g/mol. The van der Waals surface area contributed by atoms with Gasteiger partial charge in [0, 0.05) is 23.7 Å². The highest BCUT2D eigenvalue weighted by molar-refractivity contribution is 6.30. The molecule has 6 heteroatoms. The van der Waals surface area contributed by atoms with Gasteiger partial charge < -0.3 is 9.15 Å². The van der Waals surface area contributed by atoms with Gasteiger partial charge in [0.1, 0.15) is 5.75 Å². The molecule has 2 aromatic carbocycles. The van der Waals surface area contributed by atoms with E-state index in [0.29, 0.717) is 30.0 Å². The summed E-state index contributed by atoms with van der Waals surface area (Å²) in [6.45, 7) is 5.14. The van der Waals surface area contributed by atoms with Gasteiger partial charge in [0.15, 0.2) is 0 Å². The lowest BCUT2D eigenvalue weighted by Gasteiger charge is -2.27. The molecule has 0 aliphatic carbocycles. The Hall–Kier alpha value is -2.37. The summed E-state index contributed by atoms with van der Waals surface area (Å²) in [6.07, 6.45) is 1.01. The van der Waals surface area contributed by atoms with E-state index < -0.39 is 0 Å². The van der Waals surface area contributed by atoms with Gasteiger partial charge >= 0.3 is 0 Å². The first kappa shape index (κ1) is 17.1. The normalized spacial score (nSPS) is 14.2. The maximum atomic E-state index is 5.92. The Labute approximate surface area is 157 Å². The lowest BCUT2D eigenvalue weighted by atomic mass is 9.99. The van der Waals surface area contributed by atoms with Gasteiger partial charge in [-0.05, 0) is 60.9 Å². The minimum absolute atomic E-state index is 0.521. The Morgan fingerprint density at radius 2 is 1.96 bits per heavy atom. The second-order valence-electron chi connectivity index (χ2n) is 6.33. The fraction of sp³-hybridized carbons (Fsp3) is 0.300. The topological polar surface area (TPSA) is 51.4 Å². The smallest absolute Gasteiger partial charge is 0.247 e. The van der Waals surface area contributed by atoms with Gasteiger partial charge in [-0.2, -0.15) is 0 Å². The fourth-order valence-electron chi connectivity index (χ4n) is 3.20. The van der Waals surface area contributed by atoms with E-state index in [-0.39, 0.29) is 0 Å². The van der Waals surface area contributed by atoms with Crippen molar-refractivity contribution in [2.45, 2.75) is 26.4 Å². The summed E-state index contributed by atoms with van der Waals surface area (Å²) in [7, 11) is 0. The van der Waals surface area contributed by atoms with Crippen LogP contribution in [0.4, 0.5) is 0 Å². The molecule has 0 saturated carbocycles. The number of fused-ring (bicyclic) bond motifs is 1. The number of benzene rings is 2. The quantitative estimate of drug-likeness (QED) is 0.669. The number of aromatic nitrogens is 2. The molecule has 1 aliphatic rings. The van der Waals surface area contributed by atoms with Crippen molar-refractivity contribution in [2.24, 2.45) is 0 Å². The number of hydrogen-bond acceptors (Lipinski definition) is 5. The number of rotatable bonds is 5. The molecule has 0 radical (unpaired) electrons. The first-order chi connectivity index (χ1) is 12.7. The van der Waals surface area contributed by atoms with E-state index in [1.807, 2.05) is 37.3 Å². The van der Waals surface area contributed by atoms with Crippen LogP contribution in [0, 0.1) is 0 Å². The van der Waals surface area contributed by atoms with Crippen LogP contribution in [0.15, 0.2) is 46.9 Å². The second kappa shape index (κ2) is 7.48. The second-order valence-corrected chi connectivity index (χ2v) is 6.77. The highest BCUT2D eigenvalue weighted by Crippen LogP contribution is 2.26. The molecule has 0 unspecified atom stereocenters. The summed E-state index contributed by atoms with van der Waals surface area (Å²) in [6, 6.07) is 13.8. The van der Waals surface area contributed by atoms with Crippen LogP contribution in [0.3, 0.4) is 0 Å². The summed E-state index contributed by atoms with van der Waals surface area (Å²) in [5, 5.41) is 9.04. The van der Waals surface area contributed by atoms with E-state index in [2.05, 4.69) is 27.2 Å². The van der Waals surface area contributed by atoms with Crippen molar-refractivity contribution in [3.8, 4) is 17.2 Å². The first-order valence-electron chi connectivity index (χ1n) is 8.76. The van der Waals surface area contributed by atoms with E-state index in [1.54, 1.807) is 0 Å². The number of ether oxygens (including phenoxy) is 1. The average Bonchev–Trinajstić information content (AvgIpc) is 3.11. The lowest BCUT2D eigenvalue weighted by molar-refractivity contribution is 0.221. The molecular formula is C20H20ClN3O2. The highest BCUT2D eigenvalue weighted by Gasteiger charge is 2.19. The predicted molar refractivity (Wildman–Crippen MR) is 100 cm³/mol. The molecule has 0 spiro atoms. The van der Waals surface area contributed by atoms with Gasteiger partial charge in [0.2, 0.25) is 11.8 Å². The zero-order chi connectivity index (χ0) is 17.9. The lowest BCUT2D eigenvalue weighted by Crippen LogP contribution is -2.30. The summed E-state index contributed by atoms with van der Waals surface area (Å²) < 4.78 is 11.4. The third-order valence-electron chi connectivity index (χ3n) is 4.50. The Morgan fingerprint density at radius 1 is 1.12 bits per heavy atom. The molecule has 26 heavy (non-hydrogen) atoms. The minimum Gasteiger partial charge on any atom is -0.494 e. The van der Waals surface area contributed by atoms with Crippen LogP contribution in [0.1, 0.15) is 23.9 Å². The number of nitrogens with zero attached hydrogens (tertiary/aromatic N) is 3. The van der Waals surface area contributed by atoms with Crippen LogP contribution in [-0.2, 0) is 19.5 Å². The van der Waals surface area contributed by atoms with E-state index >= 15 is 0 Å². The number of hydrogen-bond donors (Lipinski definition) is 0. The molecule has 1 aromatic heterocycles. The van der Waals surface area contributed by atoms with Crippen LogP contribution in [0.25, 0.3) is 11.5 Å². The summed E-state index contributed by atoms with van der Waals surface area (Å²) in [4.78, 5) is 2.32. The molecule has 4 rings (SSSR count).